The van der Waals surface area contributed by atoms with E-state index >= 15 is 0 Å². The maximum atomic E-state index is 0. The van der Waals surface area contributed by atoms with Crippen LogP contribution in [0.4, 0.5) is 0 Å². The van der Waals surface area contributed by atoms with Crippen molar-refractivity contribution in [2.75, 3.05) is 0 Å². The minimum absolute atomic E-state index is 0. The maximum Gasteiger partial charge on any atom is -0.0776 e. The summed E-state index contributed by atoms with van der Waals surface area (Å²) in [4.78, 5) is 0. The molecule has 9 heavy (non-hydrogen) atoms. The first-order valence-electron chi connectivity index (χ1n) is 0. The summed E-state index contributed by atoms with van der Waals surface area (Å²) in [5, 5.41) is 0. The van der Waals surface area contributed by atoms with E-state index in [0.29, 0.717) is 0 Å². The van der Waals surface area contributed by atoms with Gasteiger partial charge in [0, 0.05) is 0 Å². The monoisotopic (exact) mass is 168 g/mol. The lowest BCUT2D eigenvalue weighted by molar-refractivity contribution is 0.823. The third kappa shape index (κ3) is 6040. The fourth-order valence-electron chi connectivity index (χ4n) is 0. The first-order chi connectivity index (χ1) is 0. The molecular formula is C5H28O3S. The Labute approximate surface area is 67.9 Å². The molecule has 0 radical (unpaired) electrons. The summed E-state index contributed by atoms with van der Waals surface area (Å²) in [5.41, 5.74) is 0. The van der Waals surface area contributed by atoms with Crippen LogP contribution in [0.5, 0.6) is 0 Å². The lowest BCUT2D eigenvalue weighted by atomic mass is 12.0. The molecule has 0 saturated heterocycles. The molecule has 0 aliphatic carbocycles. The minimum Gasteiger partial charge on any atom is -0.412 e. The fraction of sp³-hybridized carbons (Fsp3) is 1.00. The molecule has 0 aliphatic heterocycles. The number of hydrogen-bond acceptors (Lipinski definition) is 0. The van der Waals surface area contributed by atoms with Gasteiger partial charge >= 0.3 is 0 Å². The topological polar surface area (TPSA) is 94.5 Å². The summed E-state index contributed by atoms with van der Waals surface area (Å²) in [6.45, 7) is 0. The van der Waals surface area contributed by atoms with Crippen LogP contribution in [0.1, 0.15) is 37.1 Å². The molecule has 0 aromatic heterocycles. The summed E-state index contributed by atoms with van der Waals surface area (Å²) in [7, 11) is 0. The van der Waals surface area contributed by atoms with Gasteiger partial charge in [-0.3, -0.25) is 0 Å². The van der Waals surface area contributed by atoms with Crippen LogP contribution in [0.3, 0.4) is 0 Å². The van der Waals surface area contributed by atoms with Gasteiger partial charge in [-0.2, -0.15) is 13.5 Å². The quantitative estimate of drug-likeness (QED) is 0.512. The van der Waals surface area contributed by atoms with Crippen molar-refractivity contribution in [1.29, 1.82) is 0 Å². The summed E-state index contributed by atoms with van der Waals surface area (Å²) in [5.74, 6) is 0. The average molecular weight is 168 g/mol. The highest BCUT2D eigenvalue weighted by Crippen LogP contribution is 0.648. The maximum absolute atomic E-state index is 0. The van der Waals surface area contributed by atoms with E-state index in [1.165, 1.54) is 0 Å². The van der Waals surface area contributed by atoms with Crippen LogP contribution >= 0.6 is 13.5 Å². The van der Waals surface area contributed by atoms with E-state index in [9.17, 15) is 0 Å². The molecule has 0 fully saturated rings. The molecule has 0 aromatic rings. The molecule has 0 heterocycles. The third-order valence-corrected chi connectivity index (χ3v) is 0. The highest BCUT2D eigenvalue weighted by molar-refractivity contribution is 7.59. The Morgan fingerprint density at radius 2 is 0.333 bits per heavy atom. The molecule has 0 unspecified atom stereocenters. The van der Waals surface area contributed by atoms with Crippen molar-refractivity contribution in [2.24, 2.45) is 0 Å². The van der Waals surface area contributed by atoms with E-state index in [4.69, 9.17) is 0 Å². The van der Waals surface area contributed by atoms with Gasteiger partial charge in [0.25, 0.3) is 0 Å². The van der Waals surface area contributed by atoms with Crippen molar-refractivity contribution in [3.8, 4) is 0 Å². The van der Waals surface area contributed by atoms with Crippen molar-refractivity contribution in [3.05, 3.63) is 0 Å². The van der Waals surface area contributed by atoms with Crippen molar-refractivity contribution < 1.29 is 16.4 Å². The molecule has 4 heteroatoms. The van der Waals surface area contributed by atoms with E-state index in [0.717, 1.165) is 0 Å². The van der Waals surface area contributed by atoms with Crippen LogP contribution in [0.25, 0.3) is 0 Å². The SMILES string of the molecule is C.C.C.C.C.O.O.O.S. The zero-order valence-corrected chi connectivity index (χ0v) is 3.00. The fourth-order valence-corrected chi connectivity index (χ4v) is 0. The second-order valence-electron chi connectivity index (χ2n) is 0. The number of rotatable bonds is 0. The molecule has 0 saturated carbocycles. The Balaban J connectivity index is 0. The normalized spacial score (nSPS) is 0. The summed E-state index contributed by atoms with van der Waals surface area (Å²) >= 11 is 0. The molecule has 0 spiro atoms. The number of hydrogen-bond donors (Lipinski definition) is 0. The standard InChI is InChI=1S/5CH4.3H2O.H2S/h5*1H4;4*1H2. The summed E-state index contributed by atoms with van der Waals surface area (Å²) in [6, 6.07) is 0. The average Bonchev–Trinajstić information content (AvgIpc) is 0. The highest BCUT2D eigenvalue weighted by atomic mass is 32.1. The van der Waals surface area contributed by atoms with Gasteiger partial charge in [-0.25, -0.2) is 0 Å². The van der Waals surface area contributed by atoms with E-state index in [-0.39, 0.29) is 67.1 Å². The van der Waals surface area contributed by atoms with Gasteiger partial charge in [-0.05, 0) is 0 Å². The third-order valence-electron chi connectivity index (χ3n) is 0. The van der Waals surface area contributed by atoms with Gasteiger partial charge < -0.3 is 16.4 Å². The smallest absolute Gasteiger partial charge is 0.0776 e. The Morgan fingerprint density at radius 3 is 0.333 bits per heavy atom. The van der Waals surface area contributed by atoms with Crippen LogP contribution in [0.15, 0.2) is 0 Å². The van der Waals surface area contributed by atoms with Gasteiger partial charge in [0.05, 0.1) is 0 Å². The molecule has 0 rings (SSSR count). The van der Waals surface area contributed by atoms with Crippen LogP contribution in [-0.2, 0) is 0 Å². The van der Waals surface area contributed by atoms with E-state index in [2.05, 4.69) is 0 Å². The largest absolute Gasteiger partial charge is 0.412 e. The first kappa shape index (κ1) is 11800. The summed E-state index contributed by atoms with van der Waals surface area (Å²) in [6.07, 6.45) is 0. The molecule has 72 valence electrons. The molecule has 6 N–H and O–H groups in total. The molecule has 0 amide bonds. The Morgan fingerprint density at radius 1 is 0.333 bits per heavy atom. The second-order valence-corrected chi connectivity index (χ2v) is 0. The van der Waals surface area contributed by atoms with Gasteiger partial charge in [-0.1, -0.05) is 37.1 Å². The van der Waals surface area contributed by atoms with Crippen LogP contribution in [0.2, 0.25) is 0 Å². The lowest BCUT2D eigenvalue weighted by Crippen LogP contribution is -0.290. The molecule has 0 aliphatic rings. The Bertz CT molecular complexity index is 12.2. The van der Waals surface area contributed by atoms with Crippen molar-refractivity contribution in [2.45, 2.75) is 37.1 Å². The van der Waals surface area contributed by atoms with Crippen LogP contribution in [0, 0.1) is 0 Å². The summed E-state index contributed by atoms with van der Waals surface area (Å²) < 4.78 is 0. The van der Waals surface area contributed by atoms with Crippen molar-refractivity contribution >= 4 is 13.5 Å². The minimum atomic E-state index is 0. The van der Waals surface area contributed by atoms with Crippen LogP contribution < -0.4 is 0 Å². The molecular weight excluding hydrogens is 140 g/mol. The second kappa shape index (κ2) is 8130. The van der Waals surface area contributed by atoms with E-state index in [1.807, 2.05) is 0 Å². The molecule has 0 aromatic carbocycles. The zero-order chi connectivity index (χ0) is 0. The lowest BCUT2D eigenvalue weighted by Gasteiger charge is -0.413. The van der Waals surface area contributed by atoms with Gasteiger partial charge in [0.2, 0.25) is 0 Å². The van der Waals surface area contributed by atoms with E-state index in [1.54, 1.807) is 0 Å². The highest BCUT2D eigenvalue weighted by Gasteiger charge is -0.0735. The van der Waals surface area contributed by atoms with Crippen LogP contribution in [-0.4, -0.2) is 16.4 Å². The predicted octanol–water partition coefficient (Wildman–Crippen LogP) is 0.819. The van der Waals surface area contributed by atoms with Gasteiger partial charge in [0.1, 0.15) is 0 Å². The Hall–Kier alpha value is 0.230. The molecule has 0 atom stereocenters. The zero-order valence-electron chi connectivity index (χ0n) is 2.00. The first-order valence-corrected chi connectivity index (χ1v) is 0. The Kier molecular flexibility index (Phi) is 10700000. The van der Waals surface area contributed by atoms with Gasteiger partial charge in [0.15, 0.2) is 0 Å². The van der Waals surface area contributed by atoms with Crippen molar-refractivity contribution in [3.63, 3.8) is 0 Å². The van der Waals surface area contributed by atoms with E-state index < -0.39 is 0 Å². The molecule has 0 bridgehead atoms. The predicted molar refractivity (Wildman–Crippen MR) is 54.9 cm³/mol. The molecule has 3 nitrogen and oxygen atoms in total. The van der Waals surface area contributed by atoms with Crippen molar-refractivity contribution in [1.82, 2.24) is 0 Å². The van der Waals surface area contributed by atoms with Gasteiger partial charge in [-0.15, -0.1) is 0 Å².